The van der Waals surface area contributed by atoms with Crippen molar-refractivity contribution in [3.8, 4) is 0 Å². The van der Waals surface area contributed by atoms with Crippen LogP contribution in [0.4, 0.5) is 0 Å². The molecule has 3 aliphatic rings. The van der Waals surface area contributed by atoms with E-state index >= 15 is 0 Å². The summed E-state index contributed by atoms with van der Waals surface area (Å²) in [6.07, 6.45) is 2.10. The molecule has 0 amide bonds. The average Bonchev–Trinajstić information content (AvgIpc) is 3.21. The van der Waals surface area contributed by atoms with E-state index in [1.807, 2.05) is 6.92 Å². The molecule has 1 aliphatic heterocycles. The van der Waals surface area contributed by atoms with Crippen LogP contribution in [0.25, 0.3) is 0 Å². The molecule has 5 atom stereocenters. The van der Waals surface area contributed by atoms with E-state index in [4.69, 9.17) is 18.9 Å². The lowest BCUT2D eigenvalue weighted by Gasteiger charge is -2.26. The smallest absolute Gasteiger partial charge is 0.317 e. The second-order valence-electron chi connectivity index (χ2n) is 8.18. The van der Waals surface area contributed by atoms with E-state index in [1.54, 1.807) is 13.8 Å². The number of esters is 3. The zero-order chi connectivity index (χ0) is 18.9. The van der Waals surface area contributed by atoms with Crippen molar-refractivity contribution in [1.82, 2.24) is 0 Å². The summed E-state index contributed by atoms with van der Waals surface area (Å²) >= 11 is 0. The zero-order valence-electron chi connectivity index (χ0n) is 15.7. The molecule has 2 saturated carbocycles. The monoisotopic (exact) mass is 368 g/mol. The van der Waals surface area contributed by atoms with Gasteiger partial charge in [-0.3, -0.25) is 14.4 Å². The van der Waals surface area contributed by atoms with Gasteiger partial charge in [0.25, 0.3) is 0 Å². The van der Waals surface area contributed by atoms with Crippen LogP contribution >= 0.6 is 0 Å². The van der Waals surface area contributed by atoms with Gasteiger partial charge in [0.2, 0.25) is 0 Å². The third-order valence-electron chi connectivity index (χ3n) is 6.07. The number of ether oxygens (including phenoxy) is 4. The van der Waals surface area contributed by atoms with Crippen molar-refractivity contribution in [1.29, 1.82) is 0 Å². The van der Waals surface area contributed by atoms with Gasteiger partial charge in [0, 0.05) is 0 Å². The normalized spacial score (nSPS) is 31.7. The molecule has 0 aromatic heterocycles. The molecular weight excluding hydrogens is 340 g/mol. The minimum absolute atomic E-state index is 0.0000488. The molecule has 26 heavy (non-hydrogen) atoms. The van der Waals surface area contributed by atoms with Gasteiger partial charge in [-0.15, -0.1) is 0 Å². The van der Waals surface area contributed by atoms with Crippen molar-refractivity contribution in [2.24, 2.45) is 23.2 Å². The predicted molar refractivity (Wildman–Crippen MR) is 89.9 cm³/mol. The maximum Gasteiger partial charge on any atom is 0.317 e. The molecule has 3 rings (SSSR count). The first-order chi connectivity index (χ1) is 12.3. The Morgan fingerprint density at radius 2 is 1.77 bits per heavy atom. The topological polar surface area (TPSA) is 88.1 Å². The largest absolute Gasteiger partial charge is 0.462 e. The Hall–Kier alpha value is -1.63. The van der Waals surface area contributed by atoms with E-state index in [2.05, 4.69) is 0 Å². The summed E-state index contributed by atoms with van der Waals surface area (Å²) in [6.45, 7) is 6.16. The summed E-state index contributed by atoms with van der Waals surface area (Å²) in [4.78, 5) is 35.5. The van der Waals surface area contributed by atoms with E-state index < -0.39 is 23.8 Å². The summed E-state index contributed by atoms with van der Waals surface area (Å²) in [6, 6.07) is 0. The first kappa shape index (κ1) is 19.1. The summed E-state index contributed by atoms with van der Waals surface area (Å²) in [7, 11) is 0. The van der Waals surface area contributed by atoms with Gasteiger partial charge in [0.1, 0.15) is 25.7 Å². The SMILES string of the molecule is CCC(C)(C)C(=O)OCCOC(=O)CC(=O)OC1C2CC3COC1C3C2. The number of carbonyl (C=O) groups excluding carboxylic acids is 3. The van der Waals surface area contributed by atoms with Crippen molar-refractivity contribution in [2.45, 2.75) is 58.7 Å². The molecule has 1 heterocycles. The molecule has 3 fully saturated rings. The third-order valence-corrected chi connectivity index (χ3v) is 6.07. The van der Waals surface area contributed by atoms with Gasteiger partial charge in [-0.1, -0.05) is 6.92 Å². The second kappa shape index (κ2) is 7.55. The van der Waals surface area contributed by atoms with Crippen LogP contribution in [0.5, 0.6) is 0 Å². The van der Waals surface area contributed by atoms with Crippen molar-refractivity contribution in [2.75, 3.05) is 19.8 Å². The fourth-order valence-corrected chi connectivity index (χ4v) is 4.18. The lowest BCUT2D eigenvalue weighted by molar-refractivity contribution is -0.166. The highest BCUT2D eigenvalue weighted by atomic mass is 16.6. The number of rotatable bonds is 8. The highest BCUT2D eigenvalue weighted by Gasteiger charge is 2.58. The molecule has 146 valence electrons. The molecule has 0 radical (unpaired) electrons. The molecule has 0 N–H and O–H groups in total. The first-order valence-corrected chi connectivity index (χ1v) is 9.45. The van der Waals surface area contributed by atoms with Crippen LogP contribution in [0.3, 0.4) is 0 Å². The maximum atomic E-state index is 12.0. The average molecular weight is 368 g/mol. The second-order valence-corrected chi connectivity index (χ2v) is 8.18. The van der Waals surface area contributed by atoms with Crippen LogP contribution in [0.15, 0.2) is 0 Å². The van der Waals surface area contributed by atoms with Crippen LogP contribution in [0.1, 0.15) is 46.5 Å². The Balaban J connectivity index is 1.33. The van der Waals surface area contributed by atoms with Gasteiger partial charge in [0.05, 0.1) is 18.1 Å². The number of fused-ring (bicyclic) bond motifs is 1. The van der Waals surface area contributed by atoms with Crippen molar-refractivity contribution in [3.63, 3.8) is 0 Å². The predicted octanol–water partition coefficient (Wildman–Crippen LogP) is 1.87. The zero-order valence-corrected chi connectivity index (χ0v) is 15.7. The van der Waals surface area contributed by atoms with Crippen LogP contribution in [0, 0.1) is 23.2 Å². The summed E-state index contributed by atoms with van der Waals surface area (Å²) in [5.41, 5.74) is -0.560. The molecular formula is C19H28O7. The Kier molecular flexibility index (Phi) is 5.55. The third kappa shape index (κ3) is 3.87. The van der Waals surface area contributed by atoms with Crippen molar-refractivity contribution >= 4 is 17.9 Å². The Morgan fingerprint density at radius 1 is 1.04 bits per heavy atom. The fraction of sp³-hybridized carbons (Fsp3) is 0.842. The van der Waals surface area contributed by atoms with Crippen LogP contribution in [0.2, 0.25) is 0 Å². The van der Waals surface area contributed by atoms with Crippen LogP contribution in [-0.4, -0.2) is 49.9 Å². The van der Waals surface area contributed by atoms with Crippen LogP contribution < -0.4 is 0 Å². The fourth-order valence-electron chi connectivity index (χ4n) is 4.18. The molecule has 0 aromatic rings. The number of hydrogen-bond donors (Lipinski definition) is 0. The molecule has 0 spiro atoms. The van der Waals surface area contributed by atoms with E-state index in [-0.39, 0.29) is 31.4 Å². The molecule has 7 nitrogen and oxygen atoms in total. The lowest BCUT2D eigenvalue weighted by atomic mass is 9.88. The minimum Gasteiger partial charge on any atom is -0.462 e. The molecule has 7 heteroatoms. The lowest BCUT2D eigenvalue weighted by Crippen LogP contribution is -2.36. The van der Waals surface area contributed by atoms with Crippen molar-refractivity contribution < 1.29 is 33.3 Å². The molecule has 0 aromatic carbocycles. The Bertz CT molecular complexity index is 568. The highest BCUT2D eigenvalue weighted by molar-refractivity contribution is 5.91. The quantitative estimate of drug-likeness (QED) is 0.280. The van der Waals surface area contributed by atoms with E-state index in [9.17, 15) is 14.4 Å². The van der Waals surface area contributed by atoms with Crippen LogP contribution in [-0.2, 0) is 33.3 Å². The summed E-state index contributed by atoms with van der Waals surface area (Å²) in [5, 5.41) is 0. The van der Waals surface area contributed by atoms with E-state index in [1.165, 1.54) is 0 Å². The van der Waals surface area contributed by atoms with Gasteiger partial charge in [-0.05, 0) is 50.9 Å². The summed E-state index contributed by atoms with van der Waals surface area (Å²) in [5.74, 6) is -0.101. The number of hydrogen-bond acceptors (Lipinski definition) is 7. The Labute approximate surface area is 153 Å². The standard InChI is InChI=1S/C19H28O7/c1-4-19(2,3)18(22)24-6-5-23-14(20)9-15(21)26-16-11-7-12-10-25-17(16)13(12)8-11/h11-13,16-17H,4-10H2,1-3H3. The number of carbonyl (C=O) groups is 3. The van der Waals surface area contributed by atoms with Crippen molar-refractivity contribution in [3.05, 3.63) is 0 Å². The molecule has 2 bridgehead atoms. The van der Waals surface area contributed by atoms with Gasteiger partial charge in [0.15, 0.2) is 0 Å². The maximum absolute atomic E-state index is 12.0. The van der Waals surface area contributed by atoms with E-state index in [0.717, 1.165) is 19.4 Å². The van der Waals surface area contributed by atoms with Gasteiger partial charge in [-0.25, -0.2) is 0 Å². The summed E-state index contributed by atoms with van der Waals surface area (Å²) < 4.78 is 21.3. The van der Waals surface area contributed by atoms with E-state index in [0.29, 0.717) is 24.2 Å². The van der Waals surface area contributed by atoms with Gasteiger partial charge in [-0.2, -0.15) is 0 Å². The highest BCUT2D eigenvalue weighted by Crippen LogP contribution is 2.54. The van der Waals surface area contributed by atoms with Gasteiger partial charge < -0.3 is 18.9 Å². The molecule has 1 saturated heterocycles. The molecule has 5 unspecified atom stereocenters. The minimum atomic E-state index is -0.672. The Morgan fingerprint density at radius 3 is 2.50 bits per heavy atom. The first-order valence-electron chi connectivity index (χ1n) is 9.45. The molecule has 2 aliphatic carbocycles. The van der Waals surface area contributed by atoms with Gasteiger partial charge >= 0.3 is 17.9 Å².